The summed E-state index contributed by atoms with van der Waals surface area (Å²) >= 11 is 0. The minimum atomic E-state index is -1.78. The van der Waals surface area contributed by atoms with Gasteiger partial charge < -0.3 is 20.0 Å². The smallest absolute Gasteiger partial charge is 0.243 e. The molecule has 0 saturated carbocycles. The summed E-state index contributed by atoms with van der Waals surface area (Å²) in [5.41, 5.74) is 0.938. The molecular weight excluding hydrogens is 394 g/mol. The van der Waals surface area contributed by atoms with Crippen LogP contribution in [0, 0.1) is 11.8 Å². The van der Waals surface area contributed by atoms with Crippen LogP contribution in [0.4, 0.5) is 0 Å². The molecule has 0 spiro atoms. The maximum Gasteiger partial charge on any atom is 0.243 e. The highest BCUT2D eigenvalue weighted by Gasteiger charge is 2.36. The summed E-state index contributed by atoms with van der Waals surface area (Å²) in [6.45, 7) is 19.7. The van der Waals surface area contributed by atoms with Gasteiger partial charge in [0.1, 0.15) is 0 Å². The zero-order valence-corrected chi connectivity index (χ0v) is 21.5. The Morgan fingerprint density at radius 3 is 2.27 bits per heavy atom. The van der Waals surface area contributed by atoms with Gasteiger partial charge in [0, 0.05) is 19.1 Å². The monoisotopic (exact) mass is 439 g/mol. The number of aliphatic hydroxyl groups is 2. The molecule has 3 N–H and O–H groups in total. The Balaban J connectivity index is 4.33. The lowest BCUT2D eigenvalue weighted by molar-refractivity contribution is -0.116. The highest BCUT2D eigenvalue weighted by atomic mass is 28.4. The zero-order valence-electron chi connectivity index (χ0n) is 20.5. The fourth-order valence-electron chi connectivity index (χ4n) is 2.52. The number of hydrogen-bond donors (Lipinski definition) is 3. The average Bonchev–Trinajstić information content (AvgIpc) is 2.61. The first-order valence-electron chi connectivity index (χ1n) is 11.0. The topological polar surface area (TPSA) is 78.8 Å². The van der Waals surface area contributed by atoms with E-state index in [0.717, 1.165) is 5.57 Å². The van der Waals surface area contributed by atoms with Crippen molar-refractivity contribution < 1.29 is 19.4 Å². The van der Waals surface area contributed by atoms with E-state index in [0.29, 0.717) is 19.6 Å². The molecule has 0 unspecified atom stereocenters. The van der Waals surface area contributed by atoms with Crippen molar-refractivity contribution in [3.05, 3.63) is 36.0 Å². The molecule has 0 bridgehead atoms. The van der Waals surface area contributed by atoms with E-state index in [-0.39, 0.29) is 22.8 Å². The Morgan fingerprint density at radius 1 is 1.13 bits per heavy atom. The van der Waals surface area contributed by atoms with Gasteiger partial charge in [-0.1, -0.05) is 71.4 Å². The van der Waals surface area contributed by atoms with Gasteiger partial charge in [-0.05, 0) is 43.5 Å². The number of amides is 1. The molecule has 5 nitrogen and oxygen atoms in total. The lowest BCUT2D eigenvalue weighted by Crippen LogP contribution is -2.41. The van der Waals surface area contributed by atoms with Gasteiger partial charge in [0.05, 0.1) is 12.2 Å². The van der Waals surface area contributed by atoms with Crippen LogP contribution in [0.2, 0.25) is 18.1 Å². The molecule has 0 saturated heterocycles. The minimum absolute atomic E-state index is 0.0708. The Labute approximate surface area is 185 Å². The second kappa shape index (κ2) is 13.3. The summed E-state index contributed by atoms with van der Waals surface area (Å²) < 4.78 is 6.10. The quantitative estimate of drug-likeness (QED) is 0.236. The lowest BCUT2D eigenvalue weighted by atomic mass is 9.94. The Morgan fingerprint density at radius 2 is 1.73 bits per heavy atom. The van der Waals surface area contributed by atoms with Crippen LogP contribution in [-0.2, 0) is 9.22 Å². The maximum absolute atomic E-state index is 11.9. The molecule has 6 heteroatoms. The molecule has 0 radical (unpaired) electrons. The van der Waals surface area contributed by atoms with E-state index in [9.17, 15) is 15.0 Å². The van der Waals surface area contributed by atoms with Crippen LogP contribution in [-0.4, -0.2) is 49.8 Å². The molecule has 1 amide bonds. The number of hydrogen-bond acceptors (Lipinski definition) is 4. The molecule has 3 atom stereocenters. The number of carbonyl (C=O) groups excluding carboxylic acids is 1. The number of rotatable bonds is 12. The molecule has 0 aliphatic heterocycles. The van der Waals surface area contributed by atoms with E-state index < -0.39 is 20.5 Å². The number of carbonyl (C=O) groups is 1. The fraction of sp³-hybridized carbons (Fsp3) is 0.708. The molecule has 30 heavy (non-hydrogen) atoms. The van der Waals surface area contributed by atoms with Gasteiger partial charge in [0.15, 0.2) is 8.32 Å². The highest BCUT2D eigenvalue weighted by molar-refractivity contribution is 6.74. The van der Waals surface area contributed by atoms with Gasteiger partial charge in [-0.2, -0.15) is 0 Å². The predicted molar refractivity (Wildman–Crippen MR) is 129 cm³/mol. The summed E-state index contributed by atoms with van der Waals surface area (Å²) in [4.78, 5) is 11.9. The summed E-state index contributed by atoms with van der Waals surface area (Å²) in [5.74, 6) is -0.107. The van der Waals surface area contributed by atoms with E-state index in [1.807, 2.05) is 45.9 Å². The molecule has 0 aromatic heterocycles. The molecule has 174 valence electrons. The van der Waals surface area contributed by atoms with Crippen LogP contribution in [0.1, 0.15) is 54.9 Å². The van der Waals surface area contributed by atoms with Gasteiger partial charge in [0.25, 0.3) is 0 Å². The number of aliphatic hydroxyl groups excluding tert-OH is 2. The summed E-state index contributed by atoms with van der Waals surface area (Å²) in [7, 11) is -1.78. The zero-order chi connectivity index (χ0) is 23.5. The second-order valence-electron chi connectivity index (χ2n) is 9.98. The van der Waals surface area contributed by atoms with Crippen molar-refractivity contribution in [2.45, 2.75) is 85.2 Å². The van der Waals surface area contributed by atoms with E-state index in [1.165, 1.54) is 6.08 Å². The number of allylic oxidation sites excluding steroid dienone is 2. The predicted octanol–water partition coefficient (Wildman–Crippen LogP) is 4.59. The van der Waals surface area contributed by atoms with Crippen molar-refractivity contribution in [1.82, 2.24) is 5.32 Å². The van der Waals surface area contributed by atoms with Crippen LogP contribution in [0.15, 0.2) is 36.0 Å². The Hall–Kier alpha value is -1.21. The first kappa shape index (κ1) is 28.8. The normalized spacial score (nSPS) is 17.0. The first-order valence-corrected chi connectivity index (χ1v) is 13.9. The van der Waals surface area contributed by atoms with E-state index >= 15 is 0 Å². The molecule has 0 aromatic rings. The van der Waals surface area contributed by atoms with Gasteiger partial charge in [-0.25, -0.2) is 0 Å². The first-order chi connectivity index (χ1) is 13.7. The van der Waals surface area contributed by atoms with E-state index in [4.69, 9.17) is 4.43 Å². The van der Waals surface area contributed by atoms with Crippen molar-refractivity contribution in [1.29, 1.82) is 0 Å². The third-order valence-corrected chi connectivity index (χ3v) is 10.2. The van der Waals surface area contributed by atoms with Crippen molar-refractivity contribution in [3.8, 4) is 0 Å². The average molecular weight is 440 g/mol. The van der Waals surface area contributed by atoms with Gasteiger partial charge in [-0.15, -0.1) is 0 Å². The Bertz CT molecular complexity index is 603. The molecule has 0 aliphatic rings. The summed E-state index contributed by atoms with van der Waals surface area (Å²) in [5, 5.41) is 23.1. The minimum Gasteiger partial charge on any atom is -0.417 e. The summed E-state index contributed by atoms with van der Waals surface area (Å²) in [6.07, 6.45) is 8.31. The van der Waals surface area contributed by atoms with Gasteiger partial charge in [-0.3, -0.25) is 4.79 Å². The second-order valence-corrected chi connectivity index (χ2v) is 14.8. The molecule has 0 rings (SSSR count). The van der Waals surface area contributed by atoms with Crippen LogP contribution in [0.25, 0.3) is 0 Å². The van der Waals surface area contributed by atoms with Crippen molar-refractivity contribution in [2.24, 2.45) is 11.8 Å². The van der Waals surface area contributed by atoms with Crippen LogP contribution in [0.3, 0.4) is 0 Å². The van der Waals surface area contributed by atoms with Crippen molar-refractivity contribution in [2.75, 3.05) is 13.2 Å². The molecule has 0 aromatic carbocycles. The largest absolute Gasteiger partial charge is 0.417 e. The van der Waals surface area contributed by atoms with Gasteiger partial charge >= 0.3 is 0 Å². The maximum atomic E-state index is 11.9. The third-order valence-electron chi connectivity index (χ3n) is 5.69. The van der Waals surface area contributed by atoms with E-state index in [1.54, 1.807) is 6.08 Å². The standard InChI is InChI=1S/C24H45NO4Si/c1-18(2)23(28)20(4)12-13-22(27)25-15-10-11-19(3)17-21(26)14-16-29-30(8,9)24(5,6)7/h10-13,17-18,20-21,23,26,28H,14-16H2,1-9H3,(H,25,27)/b11-10+,13-12+,19-17+/t20-,21+,23-/m1/s1. The van der Waals surface area contributed by atoms with Crippen LogP contribution in [0.5, 0.6) is 0 Å². The van der Waals surface area contributed by atoms with Crippen LogP contribution < -0.4 is 5.32 Å². The number of nitrogens with one attached hydrogen (secondary N) is 1. The molecule has 0 aliphatic carbocycles. The molecular formula is C24H45NO4Si. The Kier molecular flexibility index (Phi) is 12.7. The lowest BCUT2D eigenvalue weighted by Gasteiger charge is -2.36. The van der Waals surface area contributed by atoms with Crippen molar-refractivity contribution in [3.63, 3.8) is 0 Å². The van der Waals surface area contributed by atoms with E-state index in [2.05, 4.69) is 39.2 Å². The summed E-state index contributed by atoms with van der Waals surface area (Å²) in [6, 6.07) is 0. The fourth-order valence-corrected chi connectivity index (χ4v) is 3.58. The molecule has 0 fully saturated rings. The molecule has 0 heterocycles. The SMILES string of the molecule is CC(/C=C/CNC(=O)/C=C/[C@@H](C)[C@H](O)C(C)C)=C\[C@@H](O)CCO[Si](C)(C)C(C)(C)C. The van der Waals surface area contributed by atoms with Crippen LogP contribution >= 0.6 is 0 Å². The third kappa shape index (κ3) is 11.8. The highest BCUT2D eigenvalue weighted by Crippen LogP contribution is 2.36. The van der Waals surface area contributed by atoms with Crippen molar-refractivity contribution >= 4 is 14.2 Å². The van der Waals surface area contributed by atoms with Gasteiger partial charge in [0.2, 0.25) is 5.91 Å².